The molecule has 0 bridgehead atoms. The molecule has 4 heteroatoms. The fourth-order valence-corrected chi connectivity index (χ4v) is 2.69. The molecule has 1 N–H and O–H groups in total. The predicted octanol–water partition coefficient (Wildman–Crippen LogP) is 4.65. The van der Waals surface area contributed by atoms with Gasteiger partial charge in [-0.1, -0.05) is 66.2 Å². The van der Waals surface area contributed by atoms with E-state index in [0.29, 0.717) is 5.02 Å². The number of hydrogen-bond donors (Lipinski definition) is 1. The zero-order valence-electron chi connectivity index (χ0n) is 13.5. The number of nitrogens with one attached hydrogen (secondary N) is 1. The molecular weight excluding hydrogens is 332 g/mol. The molecular formula is C21H17ClN2O. The number of aromatic nitrogens is 1. The first kappa shape index (κ1) is 16.9. The first-order valence-electron chi connectivity index (χ1n) is 7.93. The Morgan fingerprint density at radius 1 is 0.960 bits per heavy atom. The van der Waals surface area contributed by atoms with Gasteiger partial charge in [0.05, 0.1) is 11.7 Å². The molecule has 2 aromatic carbocycles. The monoisotopic (exact) mass is 348 g/mol. The zero-order chi connectivity index (χ0) is 17.5. The first-order valence-corrected chi connectivity index (χ1v) is 8.31. The van der Waals surface area contributed by atoms with Crippen molar-refractivity contribution in [1.29, 1.82) is 0 Å². The van der Waals surface area contributed by atoms with E-state index in [0.717, 1.165) is 16.8 Å². The van der Waals surface area contributed by atoms with E-state index in [1.54, 1.807) is 18.3 Å². The van der Waals surface area contributed by atoms with Gasteiger partial charge in [-0.2, -0.15) is 0 Å². The molecule has 0 spiro atoms. The zero-order valence-corrected chi connectivity index (χ0v) is 14.2. The fourth-order valence-electron chi connectivity index (χ4n) is 2.49. The van der Waals surface area contributed by atoms with Crippen LogP contribution >= 0.6 is 11.6 Å². The summed E-state index contributed by atoms with van der Waals surface area (Å²) in [5, 5.41) is 3.62. The van der Waals surface area contributed by atoms with Crippen molar-refractivity contribution in [3.8, 4) is 0 Å². The number of hydrogen-bond acceptors (Lipinski definition) is 2. The van der Waals surface area contributed by atoms with E-state index in [1.165, 1.54) is 6.08 Å². The smallest absolute Gasteiger partial charge is 0.244 e. The van der Waals surface area contributed by atoms with Crippen LogP contribution in [0.25, 0.3) is 6.08 Å². The van der Waals surface area contributed by atoms with E-state index in [-0.39, 0.29) is 11.9 Å². The highest BCUT2D eigenvalue weighted by Gasteiger charge is 2.16. The fraction of sp³-hybridized carbons (Fsp3) is 0.0476. The van der Waals surface area contributed by atoms with Gasteiger partial charge < -0.3 is 5.32 Å². The Bertz CT molecular complexity index is 824. The van der Waals surface area contributed by atoms with Crippen molar-refractivity contribution in [2.75, 3.05) is 0 Å². The third-order valence-corrected chi connectivity index (χ3v) is 4.07. The molecule has 1 aromatic heterocycles. The van der Waals surface area contributed by atoms with Gasteiger partial charge in [-0.15, -0.1) is 0 Å². The highest BCUT2D eigenvalue weighted by atomic mass is 35.5. The van der Waals surface area contributed by atoms with E-state index in [2.05, 4.69) is 10.3 Å². The Morgan fingerprint density at radius 2 is 1.68 bits per heavy atom. The second kappa shape index (κ2) is 8.27. The lowest BCUT2D eigenvalue weighted by Gasteiger charge is -2.17. The van der Waals surface area contributed by atoms with Gasteiger partial charge in [-0.25, -0.2) is 0 Å². The average molecular weight is 349 g/mol. The normalized spacial score (nSPS) is 12.0. The van der Waals surface area contributed by atoms with Crippen LogP contribution in [0.3, 0.4) is 0 Å². The number of benzene rings is 2. The topological polar surface area (TPSA) is 42.0 Å². The SMILES string of the molecule is O=C(/C=C/c1ccccc1Cl)NC(c1ccccc1)c1ccccn1. The summed E-state index contributed by atoms with van der Waals surface area (Å²) in [6, 6.07) is 22.5. The van der Waals surface area contributed by atoms with Crippen LogP contribution in [0.1, 0.15) is 22.9 Å². The summed E-state index contributed by atoms with van der Waals surface area (Å²) in [7, 11) is 0. The van der Waals surface area contributed by atoms with Crippen LogP contribution in [-0.2, 0) is 4.79 Å². The Hall–Kier alpha value is -2.91. The lowest BCUT2D eigenvalue weighted by Crippen LogP contribution is -2.28. The van der Waals surface area contributed by atoms with Gasteiger partial charge in [-0.3, -0.25) is 9.78 Å². The maximum atomic E-state index is 12.4. The summed E-state index contributed by atoms with van der Waals surface area (Å²) in [6.07, 6.45) is 4.91. The summed E-state index contributed by atoms with van der Waals surface area (Å²) >= 11 is 6.11. The first-order chi connectivity index (χ1) is 12.2. The van der Waals surface area contributed by atoms with Crippen molar-refractivity contribution >= 4 is 23.6 Å². The predicted molar refractivity (Wildman–Crippen MR) is 101 cm³/mol. The highest BCUT2D eigenvalue weighted by molar-refractivity contribution is 6.32. The third kappa shape index (κ3) is 4.55. The Labute approximate surface area is 152 Å². The van der Waals surface area contributed by atoms with Crippen molar-refractivity contribution in [3.05, 3.63) is 107 Å². The van der Waals surface area contributed by atoms with Crippen LogP contribution < -0.4 is 5.32 Å². The van der Waals surface area contributed by atoms with Crippen LogP contribution in [0, 0.1) is 0 Å². The molecule has 0 aliphatic carbocycles. The summed E-state index contributed by atoms with van der Waals surface area (Å²) in [6.45, 7) is 0. The Kier molecular flexibility index (Phi) is 5.60. The number of rotatable bonds is 5. The third-order valence-electron chi connectivity index (χ3n) is 3.72. The van der Waals surface area contributed by atoms with Gasteiger partial charge in [0.15, 0.2) is 0 Å². The second-order valence-electron chi connectivity index (χ2n) is 5.46. The molecule has 0 radical (unpaired) electrons. The number of pyridine rings is 1. The molecule has 0 saturated heterocycles. The van der Waals surface area contributed by atoms with Gasteiger partial charge in [0.1, 0.15) is 0 Å². The molecule has 1 heterocycles. The number of carbonyl (C=O) groups excluding carboxylic acids is 1. The Morgan fingerprint density at radius 3 is 2.40 bits per heavy atom. The van der Waals surface area contributed by atoms with Crippen LogP contribution in [0.15, 0.2) is 85.1 Å². The molecule has 0 aliphatic heterocycles. The van der Waals surface area contributed by atoms with Crippen molar-refractivity contribution < 1.29 is 4.79 Å². The van der Waals surface area contributed by atoms with Gasteiger partial charge in [-0.05, 0) is 35.4 Å². The lowest BCUT2D eigenvalue weighted by molar-refractivity contribution is -0.116. The van der Waals surface area contributed by atoms with E-state index >= 15 is 0 Å². The average Bonchev–Trinajstić information content (AvgIpc) is 2.67. The summed E-state index contributed by atoms with van der Waals surface area (Å²) < 4.78 is 0. The van der Waals surface area contributed by atoms with Gasteiger partial charge in [0.25, 0.3) is 0 Å². The van der Waals surface area contributed by atoms with Gasteiger partial charge in [0.2, 0.25) is 5.91 Å². The van der Waals surface area contributed by atoms with Crippen molar-refractivity contribution in [2.45, 2.75) is 6.04 Å². The minimum atomic E-state index is -0.314. The maximum absolute atomic E-state index is 12.4. The lowest BCUT2D eigenvalue weighted by atomic mass is 10.0. The summed E-state index contributed by atoms with van der Waals surface area (Å²) in [5.74, 6) is -0.209. The van der Waals surface area contributed by atoms with Crippen LogP contribution in [0.4, 0.5) is 0 Å². The Balaban J connectivity index is 1.81. The van der Waals surface area contributed by atoms with Crippen LogP contribution in [-0.4, -0.2) is 10.9 Å². The molecule has 25 heavy (non-hydrogen) atoms. The van der Waals surface area contributed by atoms with E-state index in [9.17, 15) is 4.79 Å². The maximum Gasteiger partial charge on any atom is 0.244 e. The number of halogens is 1. The minimum Gasteiger partial charge on any atom is -0.340 e. The van der Waals surface area contributed by atoms with E-state index in [1.807, 2.05) is 66.7 Å². The molecule has 0 saturated carbocycles. The van der Waals surface area contributed by atoms with Crippen LogP contribution in [0.5, 0.6) is 0 Å². The van der Waals surface area contributed by atoms with E-state index in [4.69, 9.17) is 11.6 Å². The standard InChI is InChI=1S/C21H17ClN2O/c22-18-11-5-4-8-16(18)13-14-20(25)24-21(17-9-2-1-3-10-17)19-12-6-7-15-23-19/h1-15,21H,(H,24,25)/b14-13+. The number of nitrogens with zero attached hydrogens (tertiary/aromatic N) is 1. The summed E-state index contributed by atoms with van der Waals surface area (Å²) in [4.78, 5) is 16.8. The van der Waals surface area contributed by atoms with Gasteiger partial charge >= 0.3 is 0 Å². The highest BCUT2D eigenvalue weighted by Crippen LogP contribution is 2.20. The number of carbonyl (C=O) groups is 1. The van der Waals surface area contributed by atoms with Crippen LogP contribution in [0.2, 0.25) is 5.02 Å². The van der Waals surface area contributed by atoms with E-state index < -0.39 is 0 Å². The van der Waals surface area contributed by atoms with Gasteiger partial charge in [0, 0.05) is 17.3 Å². The minimum absolute atomic E-state index is 0.209. The van der Waals surface area contributed by atoms with Crippen molar-refractivity contribution in [2.24, 2.45) is 0 Å². The molecule has 1 atom stereocenters. The quantitative estimate of drug-likeness (QED) is 0.682. The molecule has 0 fully saturated rings. The molecule has 1 amide bonds. The molecule has 0 aliphatic rings. The molecule has 124 valence electrons. The van der Waals surface area contributed by atoms with Crippen molar-refractivity contribution in [3.63, 3.8) is 0 Å². The molecule has 3 nitrogen and oxygen atoms in total. The molecule has 1 unspecified atom stereocenters. The summed E-state index contributed by atoms with van der Waals surface area (Å²) in [5.41, 5.74) is 2.56. The number of amides is 1. The van der Waals surface area contributed by atoms with Crippen molar-refractivity contribution in [1.82, 2.24) is 10.3 Å². The second-order valence-corrected chi connectivity index (χ2v) is 5.87. The molecule has 3 aromatic rings. The molecule has 3 rings (SSSR count). The largest absolute Gasteiger partial charge is 0.340 e.